The number of hydrogen-bond acceptors (Lipinski definition) is 2. The summed E-state index contributed by atoms with van der Waals surface area (Å²) in [7, 11) is 1.71. The zero-order valence-electron chi connectivity index (χ0n) is 10.5. The maximum absolute atomic E-state index is 13.5. The molecule has 5 heteroatoms. The lowest BCUT2D eigenvalue weighted by atomic mass is 10.2. The first-order chi connectivity index (χ1) is 8.68. The number of urea groups is 1. The zero-order chi connectivity index (χ0) is 13.0. The molecule has 0 atom stereocenters. The smallest absolute Gasteiger partial charge is 0.320 e. The van der Waals surface area contributed by atoms with Gasteiger partial charge in [0, 0.05) is 45.3 Å². The van der Waals surface area contributed by atoms with Crippen LogP contribution in [-0.4, -0.2) is 49.1 Å². The quantitative estimate of drug-likeness (QED) is 0.859. The number of benzene rings is 1. The largest absolute Gasteiger partial charge is 0.323 e. The van der Waals surface area contributed by atoms with Crippen LogP contribution in [0, 0.1) is 5.82 Å². The Morgan fingerprint density at radius 3 is 2.72 bits per heavy atom. The van der Waals surface area contributed by atoms with Gasteiger partial charge in [0.2, 0.25) is 0 Å². The summed E-state index contributed by atoms with van der Waals surface area (Å²) in [6.07, 6.45) is 0. The molecule has 0 unspecified atom stereocenters. The first-order valence-electron chi connectivity index (χ1n) is 6.12. The number of nitrogens with one attached hydrogen (secondary N) is 1. The third-order valence-electron chi connectivity index (χ3n) is 3.08. The van der Waals surface area contributed by atoms with E-state index in [1.54, 1.807) is 35.0 Å². The molecule has 1 saturated heterocycles. The zero-order valence-corrected chi connectivity index (χ0v) is 10.5. The third-order valence-corrected chi connectivity index (χ3v) is 3.08. The van der Waals surface area contributed by atoms with Crippen molar-refractivity contribution in [3.05, 3.63) is 35.6 Å². The molecule has 1 fully saturated rings. The Morgan fingerprint density at radius 2 is 2.06 bits per heavy atom. The van der Waals surface area contributed by atoms with Gasteiger partial charge in [-0.1, -0.05) is 18.2 Å². The van der Waals surface area contributed by atoms with Crippen LogP contribution in [0.2, 0.25) is 0 Å². The number of carbonyl (C=O) groups excluding carboxylic acids is 1. The molecule has 1 aliphatic rings. The van der Waals surface area contributed by atoms with Gasteiger partial charge in [0.15, 0.2) is 0 Å². The molecule has 1 aliphatic heterocycles. The standard InChI is InChI=1S/C13H18FN3O/c1-16(10-11-4-2-3-5-12(11)14)13(18)17-8-6-15-7-9-17/h2-5,15H,6-10H2,1H3. The van der Waals surface area contributed by atoms with Gasteiger partial charge in [0.25, 0.3) is 0 Å². The number of nitrogens with zero attached hydrogens (tertiary/aromatic N) is 2. The summed E-state index contributed by atoms with van der Waals surface area (Å²) in [6, 6.07) is 6.51. The fourth-order valence-corrected chi connectivity index (χ4v) is 2.05. The predicted octanol–water partition coefficient (Wildman–Crippen LogP) is 1.28. The van der Waals surface area contributed by atoms with Crippen molar-refractivity contribution in [3.8, 4) is 0 Å². The molecule has 0 radical (unpaired) electrons. The Labute approximate surface area is 106 Å². The molecule has 0 saturated carbocycles. The number of halogens is 1. The van der Waals surface area contributed by atoms with Crippen LogP contribution in [0.3, 0.4) is 0 Å². The summed E-state index contributed by atoms with van der Waals surface area (Å²) < 4.78 is 13.5. The highest BCUT2D eigenvalue weighted by atomic mass is 19.1. The van der Waals surface area contributed by atoms with E-state index in [0.717, 1.165) is 13.1 Å². The van der Waals surface area contributed by atoms with Crippen LogP contribution in [0.1, 0.15) is 5.56 Å². The highest BCUT2D eigenvalue weighted by Crippen LogP contribution is 2.10. The van der Waals surface area contributed by atoms with Gasteiger partial charge in [0.05, 0.1) is 0 Å². The lowest BCUT2D eigenvalue weighted by Gasteiger charge is -2.31. The van der Waals surface area contributed by atoms with Crippen molar-refractivity contribution in [2.24, 2.45) is 0 Å². The van der Waals surface area contributed by atoms with E-state index < -0.39 is 0 Å². The number of carbonyl (C=O) groups is 1. The van der Waals surface area contributed by atoms with Crippen molar-refractivity contribution >= 4 is 6.03 Å². The van der Waals surface area contributed by atoms with E-state index in [-0.39, 0.29) is 11.8 Å². The van der Waals surface area contributed by atoms with E-state index in [4.69, 9.17) is 0 Å². The van der Waals surface area contributed by atoms with Crippen molar-refractivity contribution in [2.75, 3.05) is 33.2 Å². The van der Waals surface area contributed by atoms with Crippen LogP contribution >= 0.6 is 0 Å². The van der Waals surface area contributed by atoms with Gasteiger partial charge < -0.3 is 15.1 Å². The van der Waals surface area contributed by atoms with E-state index in [2.05, 4.69) is 5.32 Å². The molecule has 18 heavy (non-hydrogen) atoms. The van der Waals surface area contributed by atoms with Gasteiger partial charge in [-0.05, 0) is 6.07 Å². The van der Waals surface area contributed by atoms with Crippen LogP contribution in [-0.2, 0) is 6.54 Å². The Balaban J connectivity index is 1.96. The number of piperazine rings is 1. The van der Waals surface area contributed by atoms with Crippen LogP contribution in [0.25, 0.3) is 0 Å². The van der Waals surface area contributed by atoms with Gasteiger partial charge in [-0.2, -0.15) is 0 Å². The molecule has 0 aliphatic carbocycles. The molecule has 98 valence electrons. The fourth-order valence-electron chi connectivity index (χ4n) is 2.05. The second-order valence-electron chi connectivity index (χ2n) is 4.47. The number of amides is 2. The van der Waals surface area contributed by atoms with E-state index >= 15 is 0 Å². The molecule has 1 aromatic carbocycles. The third kappa shape index (κ3) is 2.98. The monoisotopic (exact) mass is 251 g/mol. The first kappa shape index (κ1) is 12.8. The van der Waals surface area contributed by atoms with E-state index in [1.807, 2.05) is 0 Å². The average Bonchev–Trinajstić information content (AvgIpc) is 2.41. The number of rotatable bonds is 2. The highest BCUT2D eigenvalue weighted by molar-refractivity contribution is 5.74. The molecule has 0 aromatic heterocycles. The molecule has 1 aromatic rings. The van der Waals surface area contributed by atoms with Gasteiger partial charge in [0.1, 0.15) is 5.82 Å². The van der Waals surface area contributed by atoms with Crippen molar-refractivity contribution in [2.45, 2.75) is 6.54 Å². The van der Waals surface area contributed by atoms with E-state index in [0.29, 0.717) is 25.2 Å². The van der Waals surface area contributed by atoms with Crippen molar-refractivity contribution in [3.63, 3.8) is 0 Å². The summed E-state index contributed by atoms with van der Waals surface area (Å²) >= 11 is 0. The van der Waals surface area contributed by atoms with Crippen LogP contribution in [0.4, 0.5) is 9.18 Å². The topological polar surface area (TPSA) is 35.6 Å². The molecule has 1 N–H and O–H groups in total. The highest BCUT2D eigenvalue weighted by Gasteiger charge is 2.20. The summed E-state index contributed by atoms with van der Waals surface area (Å²) in [5.74, 6) is -0.266. The Hall–Kier alpha value is -1.62. The van der Waals surface area contributed by atoms with Crippen LogP contribution in [0.15, 0.2) is 24.3 Å². The summed E-state index contributed by atoms with van der Waals surface area (Å²) in [5.41, 5.74) is 0.545. The first-order valence-corrected chi connectivity index (χ1v) is 6.12. The maximum Gasteiger partial charge on any atom is 0.320 e. The summed E-state index contributed by atoms with van der Waals surface area (Å²) in [6.45, 7) is 3.36. The summed E-state index contributed by atoms with van der Waals surface area (Å²) in [5, 5.41) is 3.19. The van der Waals surface area contributed by atoms with Crippen molar-refractivity contribution in [1.29, 1.82) is 0 Å². The van der Waals surface area contributed by atoms with E-state index in [9.17, 15) is 9.18 Å². The van der Waals surface area contributed by atoms with Crippen molar-refractivity contribution < 1.29 is 9.18 Å². The SMILES string of the molecule is CN(Cc1ccccc1F)C(=O)N1CCNCC1. The molecule has 1 heterocycles. The number of hydrogen-bond donors (Lipinski definition) is 1. The molecular formula is C13H18FN3O. The molecule has 4 nitrogen and oxygen atoms in total. The molecule has 0 bridgehead atoms. The predicted molar refractivity (Wildman–Crippen MR) is 67.7 cm³/mol. The van der Waals surface area contributed by atoms with E-state index in [1.165, 1.54) is 6.07 Å². The van der Waals surface area contributed by atoms with Gasteiger partial charge >= 0.3 is 6.03 Å². The van der Waals surface area contributed by atoms with Crippen LogP contribution in [0.5, 0.6) is 0 Å². The Bertz CT molecular complexity index is 418. The van der Waals surface area contributed by atoms with Gasteiger partial charge in [-0.25, -0.2) is 9.18 Å². The second-order valence-corrected chi connectivity index (χ2v) is 4.47. The molecular weight excluding hydrogens is 233 g/mol. The Morgan fingerprint density at radius 1 is 1.39 bits per heavy atom. The van der Waals surface area contributed by atoms with Crippen molar-refractivity contribution in [1.82, 2.24) is 15.1 Å². The summed E-state index contributed by atoms with van der Waals surface area (Å²) in [4.78, 5) is 15.5. The normalized spacial score (nSPS) is 15.6. The average molecular weight is 251 g/mol. The van der Waals surface area contributed by atoms with Gasteiger partial charge in [-0.3, -0.25) is 0 Å². The fraction of sp³-hybridized carbons (Fsp3) is 0.462. The Kier molecular flexibility index (Phi) is 4.15. The molecule has 2 rings (SSSR count). The lowest BCUT2D eigenvalue weighted by molar-refractivity contribution is 0.154. The minimum Gasteiger partial charge on any atom is -0.323 e. The lowest BCUT2D eigenvalue weighted by Crippen LogP contribution is -2.50. The second kappa shape index (κ2) is 5.82. The van der Waals surface area contributed by atoms with Crippen LogP contribution < -0.4 is 5.32 Å². The maximum atomic E-state index is 13.5. The minimum absolute atomic E-state index is 0.0419. The molecule has 0 spiro atoms. The molecule has 2 amide bonds. The van der Waals surface area contributed by atoms with Gasteiger partial charge in [-0.15, -0.1) is 0 Å². The minimum atomic E-state index is -0.266.